The Hall–Kier alpha value is -3.19. The Balaban J connectivity index is 0.000000517. The van der Waals surface area contributed by atoms with E-state index in [1.165, 1.54) is 11.8 Å². The summed E-state index contributed by atoms with van der Waals surface area (Å²) in [6.45, 7) is 11.1. The van der Waals surface area contributed by atoms with Gasteiger partial charge in [0.05, 0.1) is 12.2 Å². The van der Waals surface area contributed by atoms with Crippen molar-refractivity contribution >= 4 is 32.8 Å². The monoisotopic (exact) mass is 567 g/mol. The number of thioether (sulfide) groups is 1. The summed E-state index contributed by atoms with van der Waals surface area (Å²) in [6, 6.07) is 18.4. The number of carboxylic acid groups (broad SMARTS) is 1. The van der Waals surface area contributed by atoms with E-state index in [2.05, 4.69) is 39.1 Å². The number of furan rings is 1. The molecule has 0 bridgehead atoms. The van der Waals surface area contributed by atoms with Gasteiger partial charge in [0, 0.05) is 40.9 Å². The fraction of sp³-hybridized carbons (Fsp3) is 0.300. The fourth-order valence-corrected chi connectivity index (χ4v) is 4.39. The second-order valence-electron chi connectivity index (χ2n) is 9.19. The van der Waals surface area contributed by atoms with Crippen molar-refractivity contribution in [2.45, 2.75) is 50.7 Å². The van der Waals surface area contributed by atoms with E-state index in [9.17, 15) is 4.79 Å². The van der Waals surface area contributed by atoms with Gasteiger partial charge in [0.2, 0.25) is 0 Å². The van der Waals surface area contributed by atoms with Crippen molar-refractivity contribution in [2.24, 2.45) is 0 Å². The maximum atomic E-state index is 11.2. The number of nitrogens with two attached hydrogens (primary N) is 1. The van der Waals surface area contributed by atoms with Gasteiger partial charge in [-0.25, -0.2) is 14.8 Å². The molecule has 2 aromatic carbocycles. The van der Waals surface area contributed by atoms with Crippen LogP contribution in [-0.2, 0) is 10.5 Å². The maximum absolute atomic E-state index is 11.2. The average Bonchev–Trinajstić information content (AvgIpc) is 3.33. The molecule has 0 radical (unpaired) electrons. The normalized spacial score (nSPS) is 10.6. The van der Waals surface area contributed by atoms with Crippen LogP contribution in [0.4, 0.5) is 5.82 Å². The van der Waals surface area contributed by atoms with Crippen molar-refractivity contribution in [2.75, 3.05) is 19.5 Å². The highest BCUT2D eigenvalue weighted by molar-refractivity contribution is 7.98. The summed E-state index contributed by atoms with van der Waals surface area (Å²) in [6.07, 6.45) is 1.63. The lowest BCUT2D eigenvalue weighted by molar-refractivity contribution is 0.0697. The molecule has 9 heteroatoms. The minimum absolute atomic E-state index is 0.230. The number of hydrogen-bond donors (Lipinski definition) is 2. The highest BCUT2D eigenvalue weighted by Crippen LogP contribution is 2.36. The highest BCUT2D eigenvalue weighted by Gasteiger charge is 2.16. The molecule has 7 nitrogen and oxygen atoms in total. The molecule has 4 rings (SSSR count). The summed E-state index contributed by atoms with van der Waals surface area (Å²) < 4.78 is 11.1. The summed E-state index contributed by atoms with van der Waals surface area (Å²) in [7, 11) is 4.43. The largest absolute Gasteiger partial charge is 0.478 e. The molecule has 2 aromatic heterocycles. The lowest BCUT2D eigenvalue weighted by atomic mass is 10.1. The molecule has 0 saturated carbocycles. The van der Waals surface area contributed by atoms with Gasteiger partial charge in [-0.05, 0) is 37.3 Å². The van der Waals surface area contributed by atoms with Crippen molar-refractivity contribution in [3.63, 3.8) is 0 Å². The van der Waals surface area contributed by atoms with Crippen molar-refractivity contribution in [3.05, 3.63) is 83.6 Å². The molecular weight excluding hydrogens is 529 g/mol. The van der Waals surface area contributed by atoms with Gasteiger partial charge in [0.1, 0.15) is 17.3 Å². The molecule has 0 fully saturated rings. The predicted octanol–water partition coefficient (Wildman–Crippen LogP) is 7.60. The summed E-state index contributed by atoms with van der Waals surface area (Å²) in [4.78, 5) is 19.6. The minimum atomic E-state index is -0.962. The Morgan fingerprint density at radius 1 is 1.10 bits per heavy atom. The number of anilines is 1. The van der Waals surface area contributed by atoms with Crippen LogP contribution in [0.25, 0.3) is 22.6 Å². The zero-order valence-corrected chi connectivity index (χ0v) is 25.4. The molecule has 3 N–H and O–H groups in total. The molecule has 0 aliphatic carbocycles. The fourth-order valence-electron chi connectivity index (χ4n) is 3.42. The lowest BCUT2D eigenvalue weighted by Crippen LogP contribution is -2.16. The van der Waals surface area contributed by atoms with Gasteiger partial charge in [0.25, 0.3) is 0 Å². The first-order valence-corrected chi connectivity index (χ1v) is 14.1. The summed E-state index contributed by atoms with van der Waals surface area (Å²) in [5, 5.41) is 9.99. The molecule has 0 saturated heterocycles. The van der Waals surface area contributed by atoms with Gasteiger partial charge >= 0.3 is 5.97 Å². The van der Waals surface area contributed by atoms with Crippen LogP contribution in [0.1, 0.15) is 49.2 Å². The van der Waals surface area contributed by atoms with E-state index in [0.717, 1.165) is 34.6 Å². The van der Waals surface area contributed by atoms with E-state index < -0.39 is 5.97 Å². The number of benzene rings is 2. The number of carbonyl (C=O) groups is 1. The van der Waals surface area contributed by atoms with E-state index >= 15 is 0 Å². The number of ether oxygens (including phenoxy) is 1. The van der Waals surface area contributed by atoms with E-state index in [-0.39, 0.29) is 10.7 Å². The quantitative estimate of drug-likeness (QED) is 0.127. The number of aromatic nitrogens is 2. The van der Waals surface area contributed by atoms with Gasteiger partial charge in [-0.3, -0.25) is 0 Å². The van der Waals surface area contributed by atoms with Gasteiger partial charge in [0.15, 0.2) is 5.16 Å². The van der Waals surface area contributed by atoms with Crippen LogP contribution in [0.5, 0.6) is 0 Å². The molecule has 0 spiro atoms. The number of nitrogen functional groups attached to an aromatic ring is 1. The van der Waals surface area contributed by atoms with Crippen molar-refractivity contribution in [3.8, 4) is 22.6 Å². The van der Waals surface area contributed by atoms with Gasteiger partial charge in [-0.1, -0.05) is 75.4 Å². The summed E-state index contributed by atoms with van der Waals surface area (Å²) in [5.41, 5.74) is 9.87. The Morgan fingerprint density at radius 2 is 1.79 bits per heavy atom. The molecule has 208 valence electrons. The first kappa shape index (κ1) is 32.0. The molecule has 2 heterocycles. The standard InChI is InChI=1S/C23H19N3O3S.C5H13OP.C2H6/c1-14-3-2-4-17(11-14)19-12-18(13-30-23-25-10-9-20(24)26-23)21(29-19)15-5-7-16(8-6-15)22(27)28;1-5(2,7)4-6-3;1-2/h2-12H,13H2,1H3,(H,27,28)(H2,24,25,26);4,7H2,1-3H3;1-2H3. The molecular formula is C30H38N3O4PS. The molecule has 0 aliphatic rings. The van der Waals surface area contributed by atoms with Crippen LogP contribution < -0.4 is 5.73 Å². The second-order valence-corrected chi connectivity index (χ2v) is 11.7. The minimum Gasteiger partial charge on any atom is -0.478 e. The Kier molecular flexibility index (Phi) is 12.7. The summed E-state index contributed by atoms with van der Waals surface area (Å²) >= 11 is 1.46. The van der Waals surface area contributed by atoms with Crippen molar-refractivity contribution in [1.82, 2.24) is 9.97 Å². The Bertz CT molecular complexity index is 1330. The zero-order valence-electron chi connectivity index (χ0n) is 23.4. The lowest BCUT2D eigenvalue weighted by Gasteiger charge is -2.14. The Labute approximate surface area is 237 Å². The number of methoxy groups -OCH3 is 1. The zero-order chi connectivity index (χ0) is 29.0. The average molecular weight is 568 g/mol. The predicted molar refractivity (Wildman–Crippen MR) is 164 cm³/mol. The Morgan fingerprint density at radius 3 is 2.33 bits per heavy atom. The van der Waals surface area contributed by atoms with Crippen LogP contribution in [0, 0.1) is 6.92 Å². The van der Waals surface area contributed by atoms with Crippen LogP contribution in [0.15, 0.2) is 76.4 Å². The first-order chi connectivity index (χ1) is 18.6. The highest BCUT2D eigenvalue weighted by atomic mass is 32.2. The van der Waals surface area contributed by atoms with E-state index in [0.29, 0.717) is 22.5 Å². The number of carboxylic acids is 1. The van der Waals surface area contributed by atoms with Gasteiger partial charge < -0.3 is 20.0 Å². The topological polar surface area (TPSA) is 111 Å². The molecule has 0 aliphatic heterocycles. The molecule has 1 atom stereocenters. The van der Waals surface area contributed by atoms with Crippen molar-refractivity contribution in [1.29, 1.82) is 0 Å². The smallest absolute Gasteiger partial charge is 0.335 e. The SMILES string of the molecule is CC.COCC(C)(C)P.Cc1cccc(-c2cc(CSc3nccc(N)n3)c(-c3ccc(C(=O)O)cc3)o2)c1. The second kappa shape index (κ2) is 15.4. The van der Waals surface area contributed by atoms with Crippen LogP contribution in [0.3, 0.4) is 0 Å². The van der Waals surface area contributed by atoms with Crippen LogP contribution in [-0.4, -0.2) is 39.9 Å². The van der Waals surface area contributed by atoms with E-state index in [1.54, 1.807) is 43.6 Å². The third-order valence-electron chi connectivity index (χ3n) is 5.03. The van der Waals surface area contributed by atoms with Gasteiger partial charge in [-0.2, -0.15) is 0 Å². The number of hydrogen-bond acceptors (Lipinski definition) is 7. The van der Waals surface area contributed by atoms with Crippen molar-refractivity contribution < 1.29 is 19.1 Å². The first-order valence-electron chi connectivity index (χ1n) is 12.6. The maximum Gasteiger partial charge on any atom is 0.335 e. The molecule has 4 aromatic rings. The van der Waals surface area contributed by atoms with Crippen LogP contribution >= 0.6 is 21.0 Å². The third kappa shape index (κ3) is 10.5. The van der Waals surface area contributed by atoms with Gasteiger partial charge in [-0.15, -0.1) is 9.24 Å². The molecule has 39 heavy (non-hydrogen) atoms. The van der Waals surface area contributed by atoms with E-state index in [4.69, 9.17) is 20.0 Å². The molecule has 0 amide bonds. The number of aromatic carboxylic acids is 1. The van der Waals surface area contributed by atoms with E-state index in [1.807, 2.05) is 45.0 Å². The number of rotatable bonds is 8. The number of nitrogens with zero attached hydrogens (tertiary/aromatic N) is 2. The van der Waals surface area contributed by atoms with Crippen LogP contribution in [0.2, 0.25) is 0 Å². The summed E-state index contributed by atoms with van der Waals surface area (Å²) in [5.74, 6) is 1.48. The molecule has 1 unspecified atom stereocenters. The third-order valence-corrected chi connectivity index (χ3v) is 6.11. The number of aryl methyl sites for hydroxylation is 1.